The van der Waals surface area contributed by atoms with Gasteiger partial charge in [-0.25, -0.2) is 0 Å². The fourth-order valence-electron chi connectivity index (χ4n) is 3.09. The Labute approximate surface area is 164 Å². The molecule has 3 rings (SSSR count). The van der Waals surface area contributed by atoms with E-state index >= 15 is 0 Å². The van der Waals surface area contributed by atoms with Crippen molar-refractivity contribution in [1.82, 2.24) is 5.32 Å². The highest BCUT2D eigenvalue weighted by atomic mass is 32.1. The van der Waals surface area contributed by atoms with Gasteiger partial charge in [-0.1, -0.05) is 24.3 Å². The van der Waals surface area contributed by atoms with Crippen LogP contribution in [0, 0.1) is 6.92 Å². The number of ether oxygens (including phenoxy) is 2. The average molecular weight is 385 g/mol. The number of nitrogens with zero attached hydrogens (tertiary/aromatic N) is 1. The van der Waals surface area contributed by atoms with E-state index in [1.165, 1.54) is 0 Å². The summed E-state index contributed by atoms with van der Waals surface area (Å²) in [5.41, 5.74) is 3.22. The number of aryl methyl sites for hydroxylation is 1. The number of carbonyl (C=O) groups excluding carboxylic acids is 1. The molecule has 0 saturated carbocycles. The van der Waals surface area contributed by atoms with Gasteiger partial charge in [0.15, 0.2) is 5.11 Å². The zero-order chi connectivity index (χ0) is 19.2. The normalized spacial score (nSPS) is 13.8. The number of amides is 1. The molecule has 2 aromatic carbocycles. The summed E-state index contributed by atoms with van der Waals surface area (Å²) < 4.78 is 10.8. The Morgan fingerprint density at radius 2 is 1.89 bits per heavy atom. The number of morpholine rings is 1. The minimum absolute atomic E-state index is 0.240. The first-order valence-electron chi connectivity index (χ1n) is 8.78. The number of rotatable bonds is 4. The number of benzene rings is 2. The number of nitrogens with one attached hydrogen (secondary N) is 2. The maximum atomic E-state index is 12.6. The summed E-state index contributed by atoms with van der Waals surface area (Å²) in [5.74, 6) is 0.239. The molecule has 6 nitrogen and oxygen atoms in total. The third-order valence-corrected chi connectivity index (χ3v) is 4.60. The van der Waals surface area contributed by atoms with Gasteiger partial charge < -0.3 is 19.7 Å². The predicted octanol–water partition coefficient (Wildman–Crippen LogP) is 2.97. The number of thiocarbonyl (C=S) groups is 1. The summed E-state index contributed by atoms with van der Waals surface area (Å²) >= 11 is 5.36. The minimum atomic E-state index is -0.308. The van der Waals surface area contributed by atoms with E-state index in [1.807, 2.05) is 43.3 Å². The van der Waals surface area contributed by atoms with Crippen molar-refractivity contribution < 1.29 is 14.3 Å². The number of hydrogen-bond donors (Lipinski definition) is 2. The molecule has 0 aliphatic carbocycles. The highest BCUT2D eigenvalue weighted by Gasteiger charge is 2.17. The fraction of sp³-hybridized carbons (Fsp3) is 0.300. The van der Waals surface area contributed by atoms with Gasteiger partial charge in [-0.05, 0) is 42.9 Å². The van der Waals surface area contributed by atoms with Crippen molar-refractivity contribution in [2.24, 2.45) is 0 Å². The van der Waals surface area contributed by atoms with Crippen molar-refractivity contribution >= 4 is 34.6 Å². The molecule has 1 aliphatic heterocycles. The van der Waals surface area contributed by atoms with E-state index < -0.39 is 0 Å². The minimum Gasteiger partial charge on any atom is -0.496 e. The first-order chi connectivity index (χ1) is 13.1. The molecule has 1 heterocycles. The summed E-state index contributed by atoms with van der Waals surface area (Å²) in [6, 6.07) is 13.3. The van der Waals surface area contributed by atoms with Gasteiger partial charge in [0.1, 0.15) is 5.75 Å². The summed E-state index contributed by atoms with van der Waals surface area (Å²) in [6.07, 6.45) is 0. The van der Waals surface area contributed by atoms with Gasteiger partial charge in [0.25, 0.3) is 5.91 Å². The molecule has 1 saturated heterocycles. The van der Waals surface area contributed by atoms with Crippen LogP contribution < -0.4 is 20.3 Å². The van der Waals surface area contributed by atoms with E-state index in [0.717, 1.165) is 30.0 Å². The second-order valence-corrected chi connectivity index (χ2v) is 6.59. The van der Waals surface area contributed by atoms with Crippen LogP contribution >= 0.6 is 12.2 Å². The number of methoxy groups -OCH3 is 1. The largest absolute Gasteiger partial charge is 0.496 e. The maximum Gasteiger partial charge on any atom is 0.261 e. The monoisotopic (exact) mass is 385 g/mol. The SMILES string of the molecule is COc1c(C)cccc1C(=O)NC(=S)Nc1ccccc1N1CCOCC1. The van der Waals surface area contributed by atoms with Crippen LogP contribution in [0.1, 0.15) is 15.9 Å². The van der Waals surface area contributed by atoms with E-state index in [0.29, 0.717) is 24.5 Å². The van der Waals surface area contributed by atoms with Crippen LogP contribution in [0.4, 0.5) is 11.4 Å². The Hall–Kier alpha value is -2.64. The van der Waals surface area contributed by atoms with Crippen molar-refractivity contribution in [1.29, 1.82) is 0 Å². The van der Waals surface area contributed by atoms with Crippen molar-refractivity contribution in [3.63, 3.8) is 0 Å². The van der Waals surface area contributed by atoms with Gasteiger partial charge in [0, 0.05) is 13.1 Å². The lowest BCUT2D eigenvalue weighted by Gasteiger charge is -2.30. The Kier molecular flexibility index (Phi) is 6.26. The Bertz CT molecular complexity index is 835. The van der Waals surface area contributed by atoms with Crippen LogP contribution in [0.5, 0.6) is 5.75 Å². The lowest BCUT2D eigenvalue weighted by molar-refractivity contribution is 0.0974. The fourth-order valence-corrected chi connectivity index (χ4v) is 3.29. The standard InChI is InChI=1S/C20H23N3O3S/c1-14-6-5-7-15(18(14)25-2)19(24)22-20(27)21-16-8-3-4-9-17(16)23-10-12-26-13-11-23/h3-9H,10-13H2,1-2H3,(H2,21,22,24,27). The smallest absolute Gasteiger partial charge is 0.261 e. The summed E-state index contributed by atoms with van der Waals surface area (Å²) in [5, 5.41) is 6.11. The van der Waals surface area contributed by atoms with Gasteiger partial charge in [-0.15, -0.1) is 0 Å². The lowest BCUT2D eigenvalue weighted by atomic mass is 10.1. The van der Waals surface area contributed by atoms with Crippen LogP contribution in [-0.2, 0) is 4.74 Å². The first kappa shape index (κ1) is 19.1. The lowest BCUT2D eigenvalue weighted by Crippen LogP contribution is -2.38. The summed E-state index contributed by atoms with van der Waals surface area (Å²) in [4.78, 5) is 14.9. The van der Waals surface area contributed by atoms with Crippen molar-refractivity contribution in [2.45, 2.75) is 6.92 Å². The van der Waals surface area contributed by atoms with Gasteiger partial charge >= 0.3 is 0 Å². The molecule has 0 unspecified atom stereocenters. The van der Waals surface area contributed by atoms with Gasteiger partial charge in [0.05, 0.1) is 37.3 Å². The molecule has 7 heteroatoms. The molecular weight excluding hydrogens is 362 g/mol. The van der Waals surface area contributed by atoms with E-state index in [1.54, 1.807) is 13.2 Å². The van der Waals surface area contributed by atoms with Gasteiger partial charge in [-0.2, -0.15) is 0 Å². The van der Waals surface area contributed by atoms with E-state index in [-0.39, 0.29) is 11.0 Å². The summed E-state index contributed by atoms with van der Waals surface area (Å²) in [6.45, 7) is 4.92. The third kappa shape index (κ3) is 4.56. The molecule has 1 amide bonds. The quantitative estimate of drug-likeness (QED) is 0.789. The Balaban J connectivity index is 1.71. The van der Waals surface area contributed by atoms with Crippen molar-refractivity contribution in [3.05, 3.63) is 53.6 Å². The number of carbonyl (C=O) groups is 1. The summed E-state index contributed by atoms with van der Waals surface area (Å²) in [7, 11) is 1.55. The van der Waals surface area contributed by atoms with Crippen LogP contribution in [0.3, 0.4) is 0 Å². The molecule has 1 aliphatic rings. The topological polar surface area (TPSA) is 62.8 Å². The van der Waals surface area contributed by atoms with E-state index in [9.17, 15) is 4.79 Å². The first-order valence-corrected chi connectivity index (χ1v) is 9.18. The van der Waals surface area contributed by atoms with Crippen LogP contribution in [0.15, 0.2) is 42.5 Å². The van der Waals surface area contributed by atoms with E-state index in [4.69, 9.17) is 21.7 Å². The van der Waals surface area contributed by atoms with E-state index in [2.05, 4.69) is 15.5 Å². The molecule has 0 radical (unpaired) electrons. The molecule has 142 valence electrons. The molecule has 2 N–H and O–H groups in total. The second-order valence-electron chi connectivity index (χ2n) is 6.18. The number of hydrogen-bond acceptors (Lipinski definition) is 5. The second kappa shape index (κ2) is 8.83. The number of anilines is 2. The predicted molar refractivity (Wildman–Crippen MR) is 111 cm³/mol. The molecule has 27 heavy (non-hydrogen) atoms. The molecule has 0 aromatic heterocycles. The highest BCUT2D eigenvalue weighted by molar-refractivity contribution is 7.80. The third-order valence-electron chi connectivity index (χ3n) is 4.39. The average Bonchev–Trinajstić information content (AvgIpc) is 2.68. The van der Waals surface area contributed by atoms with Crippen LogP contribution in [0.25, 0.3) is 0 Å². The zero-order valence-electron chi connectivity index (χ0n) is 15.5. The molecule has 2 aromatic rings. The zero-order valence-corrected chi connectivity index (χ0v) is 16.3. The maximum absolute atomic E-state index is 12.6. The molecule has 0 bridgehead atoms. The van der Waals surface area contributed by atoms with Gasteiger partial charge in [0.2, 0.25) is 0 Å². The van der Waals surface area contributed by atoms with Crippen LogP contribution in [-0.4, -0.2) is 44.4 Å². The molecular formula is C20H23N3O3S. The van der Waals surface area contributed by atoms with Crippen molar-refractivity contribution in [3.8, 4) is 5.75 Å². The molecule has 0 atom stereocenters. The molecule has 0 spiro atoms. The Morgan fingerprint density at radius 3 is 2.63 bits per heavy atom. The molecule has 1 fully saturated rings. The van der Waals surface area contributed by atoms with Gasteiger partial charge in [-0.3, -0.25) is 10.1 Å². The number of para-hydroxylation sites is 3. The highest BCUT2D eigenvalue weighted by Crippen LogP contribution is 2.26. The van der Waals surface area contributed by atoms with Crippen molar-refractivity contribution in [2.75, 3.05) is 43.6 Å². The Morgan fingerprint density at radius 1 is 1.15 bits per heavy atom. The van der Waals surface area contributed by atoms with Crippen LogP contribution in [0.2, 0.25) is 0 Å².